The molecule has 1 aliphatic rings. The molecule has 1 aromatic carbocycles. The minimum absolute atomic E-state index is 0.428. The molecule has 1 aromatic rings. The highest BCUT2D eigenvalue weighted by molar-refractivity contribution is 9.08. The van der Waals surface area contributed by atoms with Crippen molar-refractivity contribution in [3.63, 3.8) is 0 Å². The van der Waals surface area contributed by atoms with Gasteiger partial charge in [0.25, 0.3) is 0 Å². The van der Waals surface area contributed by atoms with Crippen molar-refractivity contribution < 1.29 is 13.5 Å². The van der Waals surface area contributed by atoms with Crippen LogP contribution in [0.4, 0.5) is 14.5 Å². The number of benzene rings is 1. The molecule has 4 nitrogen and oxygen atoms in total. The zero-order valence-electron chi connectivity index (χ0n) is 9.81. The van der Waals surface area contributed by atoms with Gasteiger partial charge in [0, 0.05) is 18.1 Å². The molecule has 2 rings (SSSR count). The molecule has 0 aliphatic carbocycles. The molecule has 0 spiro atoms. The number of hydrogen-bond acceptors (Lipinski definition) is 4. The van der Waals surface area contributed by atoms with E-state index in [9.17, 15) is 8.78 Å². The Morgan fingerprint density at radius 2 is 2.22 bits per heavy atom. The number of hydrogen-bond donors (Lipinski definition) is 1. The van der Waals surface area contributed by atoms with E-state index in [-0.39, 0.29) is 0 Å². The van der Waals surface area contributed by atoms with Gasteiger partial charge in [-0.05, 0) is 11.6 Å². The van der Waals surface area contributed by atoms with Crippen LogP contribution in [0.3, 0.4) is 0 Å². The van der Waals surface area contributed by atoms with Gasteiger partial charge in [0.1, 0.15) is 0 Å². The summed E-state index contributed by atoms with van der Waals surface area (Å²) in [6.07, 6.45) is -0.815. The van der Waals surface area contributed by atoms with Gasteiger partial charge in [-0.3, -0.25) is 4.74 Å². The Morgan fingerprint density at radius 1 is 1.50 bits per heavy atom. The van der Waals surface area contributed by atoms with Gasteiger partial charge in [-0.25, -0.2) is 5.43 Å². The zero-order valence-corrected chi connectivity index (χ0v) is 11.4. The molecule has 100 valence electrons. The summed E-state index contributed by atoms with van der Waals surface area (Å²) in [6, 6.07) is 7.62. The molecule has 18 heavy (non-hydrogen) atoms. The van der Waals surface area contributed by atoms with E-state index < -0.39 is 13.0 Å². The highest BCUT2D eigenvalue weighted by atomic mass is 79.9. The van der Waals surface area contributed by atoms with Crippen molar-refractivity contribution in [1.29, 1.82) is 0 Å². The van der Waals surface area contributed by atoms with Crippen molar-refractivity contribution in [2.24, 2.45) is 0 Å². The van der Waals surface area contributed by atoms with Crippen molar-refractivity contribution in [2.45, 2.75) is 18.3 Å². The first kappa shape index (κ1) is 13.7. The quantitative estimate of drug-likeness (QED) is 0.861. The molecular formula is C11H14BrF2N3O. The van der Waals surface area contributed by atoms with E-state index in [1.807, 2.05) is 24.3 Å². The van der Waals surface area contributed by atoms with Crippen molar-refractivity contribution >= 4 is 21.6 Å². The lowest BCUT2D eigenvalue weighted by molar-refractivity contribution is -0.194. The number of halogens is 3. The minimum atomic E-state index is -2.81. The van der Waals surface area contributed by atoms with Crippen LogP contribution in [0, 0.1) is 0 Å². The van der Waals surface area contributed by atoms with Gasteiger partial charge >= 0.3 is 6.61 Å². The Bertz CT molecular complexity index is 408. The molecule has 1 fully saturated rings. The molecule has 0 bridgehead atoms. The lowest BCUT2D eigenvalue weighted by atomic mass is 10.2. The zero-order chi connectivity index (χ0) is 13.1. The molecule has 1 atom stereocenters. The Labute approximate surface area is 113 Å². The van der Waals surface area contributed by atoms with Gasteiger partial charge in [-0.1, -0.05) is 34.1 Å². The number of nitrogens with one attached hydrogen (secondary N) is 1. The molecule has 1 saturated heterocycles. The Morgan fingerprint density at radius 3 is 2.89 bits per heavy atom. The molecule has 0 amide bonds. The van der Waals surface area contributed by atoms with Gasteiger partial charge in [-0.2, -0.15) is 13.8 Å². The van der Waals surface area contributed by atoms with Gasteiger partial charge in [0.15, 0.2) is 0 Å². The van der Waals surface area contributed by atoms with E-state index in [1.54, 1.807) is 11.9 Å². The summed E-state index contributed by atoms with van der Waals surface area (Å²) >= 11 is 3.39. The SMILES string of the molecule is CN1NCN(c2ccccc2CBr)C1OC(F)F. The molecule has 0 aromatic heterocycles. The fraction of sp³-hybridized carbons (Fsp3) is 0.455. The standard InChI is InChI=1S/C11H14BrF2N3O/c1-16-11(18-10(13)14)17(7-15-16)9-5-3-2-4-8(9)6-12/h2-5,10-11,15H,6-7H2,1H3. The molecule has 7 heteroatoms. The summed E-state index contributed by atoms with van der Waals surface area (Å²) in [5.41, 5.74) is 4.86. The maximum absolute atomic E-state index is 12.4. The van der Waals surface area contributed by atoms with Crippen molar-refractivity contribution in [1.82, 2.24) is 10.4 Å². The van der Waals surface area contributed by atoms with Gasteiger partial charge in [0.05, 0.1) is 6.67 Å². The van der Waals surface area contributed by atoms with E-state index in [1.165, 1.54) is 5.01 Å². The predicted molar refractivity (Wildman–Crippen MR) is 68.2 cm³/mol. The van der Waals surface area contributed by atoms with Crippen LogP contribution in [0.15, 0.2) is 24.3 Å². The minimum Gasteiger partial charge on any atom is -0.318 e. The maximum atomic E-state index is 12.4. The number of rotatable bonds is 4. The van der Waals surface area contributed by atoms with Gasteiger partial charge in [0.2, 0.25) is 6.35 Å². The number of ether oxygens (including phenoxy) is 1. The average Bonchev–Trinajstić information content (AvgIpc) is 2.70. The molecule has 1 aliphatic heterocycles. The smallest absolute Gasteiger partial charge is 0.318 e. The van der Waals surface area contributed by atoms with Crippen molar-refractivity contribution in [3.8, 4) is 0 Å². The number of para-hydroxylation sites is 1. The summed E-state index contributed by atoms with van der Waals surface area (Å²) in [7, 11) is 1.67. The summed E-state index contributed by atoms with van der Waals surface area (Å²) in [5.74, 6) is 0. The first-order valence-corrected chi connectivity index (χ1v) is 6.56. The lowest BCUT2D eigenvalue weighted by Gasteiger charge is -2.28. The first-order chi connectivity index (χ1) is 8.63. The topological polar surface area (TPSA) is 27.7 Å². The molecule has 0 radical (unpaired) electrons. The fourth-order valence-corrected chi connectivity index (χ4v) is 2.39. The van der Waals surface area contributed by atoms with E-state index in [2.05, 4.69) is 26.1 Å². The Hall–Kier alpha value is -0.760. The van der Waals surface area contributed by atoms with E-state index in [0.29, 0.717) is 12.0 Å². The molecule has 0 saturated carbocycles. The van der Waals surface area contributed by atoms with Crippen LogP contribution in [0.5, 0.6) is 0 Å². The number of alkyl halides is 3. The van der Waals surface area contributed by atoms with Crippen LogP contribution >= 0.6 is 15.9 Å². The summed E-state index contributed by atoms with van der Waals surface area (Å²) in [4.78, 5) is 1.75. The second-order valence-corrected chi connectivity index (χ2v) is 4.44. The monoisotopic (exact) mass is 321 g/mol. The summed E-state index contributed by atoms with van der Waals surface area (Å²) in [5, 5.41) is 2.18. The summed E-state index contributed by atoms with van der Waals surface area (Å²) < 4.78 is 29.5. The predicted octanol–water partition coefficient (Wildman–Crippen LogP) is 2.32. The molecule has 1 heterocycles. The highest BCUT2D eigenvalue weighted by Gasteiger charge is 2.33. The van der Waals surface area contributed by atoms with Gasteiger partial charge < -0.3 is 4.90 Å². The second-order valence-electron chi connectivity index (χ2n) is 3.88. The maximum Gasteiger partial charge on any atom is 0.348 e. The van der Waals surface area contributed by atoms with E-state index in [0.717, 1.165) is 11.3 Å². The van der Waals surface area contributed by atoms with Crippen molar-refractivity contribution in [3.05, 3.63) is 29.8 Å². The average molecular weight is 322 g/mol. The van der Waals surface area contributed by atoms with Crippen LogP contribution < -0.4 is 10.3 Å². The molecule has 1 N–H and O–H groups in total. The van der Waals surface area contributed by atoms with Crippen LogP contribution in [-0.2, 0) is 10.1 Å². The number of hydrazine groups is 1. The van der Waals surface area contributed by atoms with Gasteiger partial charge in [-0.15, -0.1) is 0 Å². The largest absolute Gasteiger partial charge is 0.348 e. The fourth-order valence-electron chi connectivity index (χ4n) is 1.92. The number of nitrogens with zero attached hydrogens (tertiary/aromatic N) is 2. The number of anilines is 1. The first-order valence-electron chi connectivity index (χ1n) is 5.44. The molecule has 1 unspecified atom stereocenters. The second kappa shape index (κ2) is 5.92. The third-order valence-electron chi connectivity index (χ3n) is 2.76. The lowest BCUT2D eigenvalue weighted by Crippen LogP contribution is -2.42. The Balaban J connectivity index is 2.25. The highest BCUT2D eigenvalue weighted by Crippen LogP contribution is 2.27. The molecular weight excluding hydrogens is 308 g/mol. The van der Waals surface area contributed by atoms with Crippen LogP contribution in [-0.4, -0.2) is 31.7 Å². The van der Waals surface area contributed by atoms with E-state index in [4.69, 9.17) is 0 Å². The third kappa shape index (κ3) is 2.80. The van der Waals surface area contributed by atoms with E-state index >= 15 is 0 Å². The van der Waals surface area contributed by atoms with Crippen molar-refractivity contribution in [2.75, 3.05) is 18.6 Å². The Kier molecular flexibility index (Phi) is 4.50. The summed E-state index contributed by atoms with van der Waals surface area (Å²) in [6.45, 7) is -2.38. The third-order valence-corrected chi connectivity index (χ3v) is 3.36. The van der Waals surface area contributed by atoms with Crippen LogP contribution in [0.1, 0.15) is 5.56 Å². The normalized spacial score (nSPS) is 20.9. The van der Waals surface area contributed by atoms with Crippen LogP contribution in [0.25, 0.3) is 0 Å². The van der Waals surface area contributed by atoms with Crippen LogP contribution in [0.2, 0.25) is 0 Å².